The van der Waals surface area contributed by atoms with Crippen LogP contribution in [0.15, 0.2) is 83.9 Å². The van der Waals surface area contributed by atoms with Gasteiger partial charge in [0.15, 0.2) is 5.96 Å². The van der Waals surface area contributed by atoms with Crippen LogP contribution in [0.5, 0.6) is 11.5 Å². The van der Waals surface area contributed by atoms with Gasteiger partial charge in [-0.2, -0.15) is 0 Å². The standard InChI is InChI=1S/C56H80N14O16/c1-3-31(2)47(54(84)69-43(30-71)50(80)63-29-45(75)65-42(55(85)86)26-34-16-20-36(73)21-17-34)70-53(83)39(25-33-14-18-35(72)19-15-33)64-44(74)28-62-49(79)38(13-7-8-22-57)66-52(82)41(27-46(76)77)68-51(81)40(24-32-10-5-4-6-11-32)67-48(78)37(58)12-9-23-61-56(59)60/h4-6,10-11,14-21,31,37-43,47,71-73H,3,7-9,12-13,22-30,57-58H2,1-2H3,(H,62,79)(H,63,80)(H,64,74)(H,65,75)(H,66,82)(H,67,78)(H,68,81)(H,69,84)(H,70,83)(H,76,77)(H,85,86)(H4,59,60,61)/t31-,37-,38-,39-,40-,41-,42-,43-,47-/m0/s1. The average Bonchev–Trinajstić information content (AvgIpc) is 3.06. The minimum atomic E-state index is -1.81. The first-order valence-corrected chi connectivity index (χ1v) is 27.7. The summed E-state index contributed by atoms with van der Waals surface area (Å²) >= 11 is 0. The van der Waals surface area contributed by atoms with Crippen molar-refractivity contribution < 1.29 is 78.3 Å². The lowest BCUT2D eigenvalue weighted by molar-refractivity contribution is -0.142. The highest BCUT2D eigenvalue weighted by molar-refractivity contribution is 5.98. The molecule has 0 saturated heterocycles. The second-order valence-electron chi connectivity index (χ2n) is 20.2. The average molecular weight is 1210 g/mol. The molecule has 86 heavy (non-hydrogen) atoms. The molecule has 9 amide bonds. The SMILES string of the molecule is CC[C@H](C)[C@H](NC(=O)[C@H](Cc1ccc(O)cc1)NC(=O)CNC(=O)[C@H](CCCCN)NC(=O)[C@H](CC(=O)O)NC(=O)[C@H](Cc1ccccc1)NC(=O)[C@@H](N)CCCN=C(N)N)C(=O)N[C@@H](CO)C(=O)NCC(=O)N[C@@H](Cc1ccc(O)cc1)C(=O)O. The number of aliphatic hydroxyl groups is 1. The number of hydrogen-bond donors (Lipinski definition) is 18. The summed E-state index contributed by atoms with van der Waals surface area (Å²) < 4.78 is 0. The fourth-order valence-corrected chi connectivity index (χ4v) is 8.31. The fraction of sp³-hybridized carbons (Fsp3) is 0.464. The normalized spacial score (nSPS) is 14.0. The molecule has 0 fully saturated rings. The number of amides is 9. The molecule has 0 aliphatic heterocycles. The largest absolute Gasteiger partial charge is 0.508 e. The summed E-state index contributed by atoms with van der Waals surface area (Å²) in [6.07, 6.45) is -0.282. The Hall–Kier alpha value is -9.42. The lowest BCUT2D eigenvalue weighted by Crippen LogP contribution is -2.60. The van der Waals surface area contributed by atoms with E-state index in [0.717, 1.165) is 0 Å². The molecule has 9 atom stereocenters. The van der Waals surface area contributed by atoms with Crippen LogP contribution in [-0.4, -0.2) is 178 Å². The maximum atomic E-state index is 14.2. The molecule has 470 valence electrons. The van der Waals surface area contributed by atoms with Crippen LogP contribution in [0.3, 0.4) is 0 Å². The van der Waals surface area contributed by atoms with Crippen molar-refractivity contribution in [3.63, 3.8) is 0 Å². The first-order valence-electron chi connectivity index (χ1n) is 27.7. The molecule has 0 aromatic heterocycles. The van der Waals surface area contributed by atoms with Crippen LogP contribution in [0, 0.1) is 5.92 Å². The lowest BCUT2D eigenvalue weighted by Gasteiger charge is -2.28. The van der Waals surface area contributed by atoms with Gasteiger partial charge < -0.3 is 96.3 Å². The van der Waals surface area contributed by atoms with Crippen LogP contribution >= 0.6 is 0 Å². The Balaban J connectivity index is 1.77. The zero-order chi connectivity index (χ0) is 63.9. The maximum Gasteiger partial charge on any atom is 0.326 e. The van der Waals surface area contributed by atoms with E-state index in [1.165, 1.54) is 48.5 Å². The van der Waals surface area contributed by atoms with Gasteiger partial charge in [0.2, 0.25) is 53.2 Å². The number of carboxylic acids is 2. The number of nitrogens with one attached hydrogen (secondary N) is 9. The molecule has 30 heteroatoms. The minimum Gasteiger partial charge on any atom is -0.508 e. The predicted molar refractivity (Wildman–Crippen MR) is 311 cm³/mol. The van der Waals surface area contributed by atoms with Crippen LogP contribution in [0.4, 0.5) is 0 Å². The number of aromatic hydroxyl groups is 2. The van der Waals surface area contributed by atoms with Crippen LogP contribution in [0.2, 0.25) is 0 Å². The molecule has 0 bridgehead atoms. The first kappa shape index (κ1) is 70.8. The topological polar surface area (TPSA) is 514 Å². The number of nitrogens with zero attached hydrogens (tertiary/aromatic N) is 1. The second-order valence-corrected chi connectivity index (χ2v) is 20.2. The van der Waals surface area contributed by atoms with E-state index in [1.807, 2.05) is 0 Å². The summed E-state index contributed by atoms with van der Waals surface area (Å²) in [6, 6.07) is 7.78. The molecule has 0 aliphatic carbocycles. The van der Waals surface area contributed by atoms with E-state index in [4.69, 9.17) is 22.9 Å². The number of benzene rings is 3. The first-order chi connectivity index (χ1) is 40.8. The monoisotopic (exact) mass is 1200 g/mol. The van der Waals surface area contributed by atoms with Gasteiger partial charge in [0.25, 0.3) is 0 Å². The van der Waals surface area contributed by atoms with Gasteiger partial charge in [-0.1, -0.05) is 74.9 Å². The number of rotatable bonds is 38. The van der Waals surface area contributed by atoms with Gasteiger partial charge in [-0.05, 0) is 85.5 Å². The van der Waals surface area contributed by atoms with Crippen molar-refractivity contribution in [3.8, 4) is 11.5 Å². The van der Waals surface area contributed by atoms with Crippen molar-refractivity contribution >= 4 is 71.1 Å². The van der Waals surface area contributed by atoms with Crippen molar-refractivity contribution in [3.05, 3.63) is 95.6 Å². The molecule has 0 aliphatic rings. The molecule has 3 aromatic rings. The van der Waals surface area contributed by atoms with Crippen LogP contribution < -0.4 is 70.8 Å². The number of guanidine groups is 1. The predicted octanol–water partition coefficient (Wildman–Crippen LogP) is -4.14. The quantitative estimate of drug-likeness (QED) is 0.0147. The summed E-state index contributed by atoms with van der Waals surface area (Å²) in [4.78, 5) is 150. The summed E-state index contributed by atoms with van der Waals surface area (Å²) in [5.74, 6) is -12.5. The van der Waals surface area contributed by atoms with E-state index < -0.39 is 145 Å². The van der Waals surface area contributed by atoms with Gasteiger partial charge >= 0.3 is 11.9 Å². The number of carbonyl (C=O) groups is 11. The highest BCUT2D eigenvalue weighted by atomic mass is 16.4. The van der Waals surface area contributed by atoms with Gasteiger partial charge in [0.1, 0.15) is 53.8 Å². The van der Waals surface area contributed by atoms with Gasteiger partial charge in [-0.3, -0.25) is 52.9 Å². The number of phenols is 2. The Morgan fingerprint density at radius 2 is 0.988 bits per heavy atom. The molecule has 22 N–H and O–H groups in total. The molecule has 0 unspecified atom stereocenters. The Bertz CT molecular complexity index is 2790. The Morgan fingerprint density at radius 3 is 1.50 bits per heavy atom. The molecule has 30 nitrogen and oxygen atoms in total. The Kier molecular flexibility index (Phi) is 30.5. The summed E-state index contributed by atoms with van der Waals surface area (Å²) in [5.41, 5.74) is 24.0. The molecular weight excluding hydrogens is 1120 g/mol. The van der Waals surface area contributed by atoms with E-state index in [0.29, 0.717) is 29.5 Å². The van der Waals surface area contributed by atoms with Crippen molar-refractivity contribution in [2.75, 3.05) is 32.8 Å². The number of aliphatic imine (C=N–C) groups is 1. The van der Waals surface area contributed by atoms with E-state index in [-0.39, 0.29) is 75.5 Å². The number of aliphatic hydroxyl groups excluding tert-OH is 1. The number of hydrogen-bond acceptors (Lipinski definition) is 17. The third-order valence-corrected chi connectivity index (χ3v) is 13.3. The minimum absolute atomic E-state index is 0.0576. The number of unbranched alkanes of at least 4 members (excludes halogenated alkanes) is 1. The van der Waals surface area contributed by atoms with E-state index in [1.54, 1.807) is 44.2 Å². The Labute approximate surface area is 495 Å². The number of nitrogens with two attached hydrogens (primary N) is 4. The van der Waals surface area contributed by atoms with E-state index in [2.05, 4.69) is 52.8 Å². The summed E-state index contributed by atoms with van der Waals surface area (Å²) in [5, 5.41) is 70.8. The fourth-order valence-electron chi connectivity index (χ4n) is 8.31. The number of carbonyl (C=O) groups excluding carboxylic acids is 9. The number of phenolic OH excluding ortho intramolecular Hbond substituents is 2. The highest BCUT2D eigenvalue weighted by Gasteiger charge is 2.35. The van der Waals surface area contributed by atoms with Crippen molar-refractivity contribution in [2.24, 2.45) is 33.8 Å². The summed E-state index contributed by atoms with van der Waals surface area (Å²) in [6.45, 7) is 1.06. The van der Waals surface area contributed by atoms with Crippen LogP contribution in [0.1, 0.15) is 75.5 Å². The van der Waals surface area contributed by atoms with Gasteiger partial charge in [0, 0.05) is 25.8 Å². The van der Waals surface area contributed by atoms with Crippen molar-refractivity contribution in [1.29, 1.82) is 0 Å². The second kappa shape index (κ2) is 37.0. The molecule has 0 saturated carbocycles. The van der Waals surface area contributed by atoms with Gasteiger partial charge in [-0.15, -0.1) is 0 Å². The van der Waals surface area contributed by atoms with Crippen LogP contribution in [0.25, 0.3) is 0 Å². The lowest BCUT2D eigenvalue weighted by atomic mass is 9.96. The Morgan fingerprint density at radius 1 is 0.523 bits per heavy atom. The maximum absolute atomic E-state index is 14.2. The van der Waals surface area contributed by atoms with Crippen LogP contribution in [-0.2, 0) is 72.0 Å². The molecule has 3 aromatic carbocycles. The third-order valence-electron chi connectivity index (χ3n) is 13.3. The molecule has 0 heterocycles. The highest BCUT2D eigenvalue weighted by Crippen LogP contribution is 2.15. The van der Waals surface area contributed by atoms with Crippen molar-refractivity contribution in [1.82, 2.24) is 47.9 Å². The molecular formula is C56H80N14O16. The zero-order valence-corrected chi connectivity index (χ0v) is 47.8. The smallest absolute Gasteiger partial charge is 0.326 e. The van der Waals surface area contributed by atoms with Gasteiger partial charge in [0.05, 0.1) is 32.2 Å². The molecule has 3 rings (SSSR count). The van der Waals surface area contributed by atoms with E-state index >= 15 is 0 Å². The summed E-state index contributed by atoms with van der Waals surface area (Å²) in [7, 11) is 0. The zero-order valence-electron chi connectivity index (χ0n) is 47.8. The van der Waals surface area contributed by atoms with Gasteiger partial charge in [-0.25, -0.2) is 4.79 Å². The molecule has 0 spiro atoms. The molecule has 0 radical (unpaired) electrons. The third kappa shape index (κ3) is 26.0. The van der Waals surface area contributed by atoms with Crippen molar-refractivity contribution in [2.45, 2.75) is 126 Å². The number of aliphatic carboxylic acids is 2. The van der Waals surface area contributed by atoms with E-state index in [9.17, 15) is 78.3 Å². The number of carboxylic acid groups (broad SMARTS) is 2.